The van der Waals surface area contributed by atoms with Crippen LogP contribution in [0.15, 0.2) is 24.4 Å². The maximum Gasteiger partial charge on any atom is 0.277 e. The summed E-state index contributed by atoms with van der Waals surface area (Å²) in [5, 5.41) is 13.6. The van der Waals surface area contributed by atoms with Crippen LogP contribution in [0.4, 0.5) is 11.5 Å². The van der Waals surface area contributed by atoms with Gasteiger partial charge in [-0.3, -0.25) is 10.1 Å². The third-order valence-electron chi connectivity index (χ3n) is 1.98. The first-order valence-electron chi connectivity index (χ1n) is 4.85. The highest BCUT2D eigenvalue weighted by Gasteiger charge is 2.11. The number of nitrogens with one attached hydrogen (secondary N) is 1. The van der Waals surface area contributed by atoms with Crippen LogP contribution >= 0.6 is 0 Å². The van der Waals surface area contributed by atoms with E-state index in [0.29, 0.717) is 24.5 Å². The van der Waals surface area contributed by atoms with E-state index in [1.165, 1.54) is 12.3 Å². The van der Waals surface area contributed by atoms with Crippen LogP contribution in [0.3, 0.4) is 0 Å². The Bertz CT molecular complexity index is 404. The van der Waals surface area contributed by atoms with Crippen molar-refractivity contribution >= 4 is 11.5 Å². The van der Waals surface area contributed by atoms with Crippen molar-refractivity contribution in [3.63, 3.8) is 0 Å². The summed E-state index contributed by atoms with van der Waals surface area (Å²) in [5.41, 5.74) is 5.89. The number of rotatable bonds is 5. The molecule has 0 saturated heterocycles. The van der Waals surface area contributed by atoms with Gasteiger partial charge in [-0.05, 0) is 6.92 Å². The summed E-state index contributed by atoms with van der Waals surface area (Å²) >= 11 is 0. The Morgan fingerprint density at radius 3 is 3.00 bits per heavy atom. The number of anilines is 1. The zero-order chi connectivity index (χ0) is 12.0. The van der Waals surface area contributed by atoms with Gasteiger partial charge in [-0.15, -0.1) is 0 Å². The molecular weight excluding hydrogens is 208 g/mol. The molecule has 0 atom stereocenters. The highest BCUT2D eigenvalue weighted by molar-refractivity contribution is 5.49. The number of aryl methyl sites for hydroxylation is 1. The Labute approximate surface area is 93.3 Å². The highest BCUT2D eigenvalue weighted by Crippen LogP contribution is 2.19. The molecule has 6 nitrogen and oxygen atoms in total. The minimum absolute atomic E-state index is 0.0697. The quantitative estimate of drug-likeness (QED) is 0.444. The molecule has 6 heteroatoms. The third kappa shape index (κ3) is 3.32. The molecule has 1 rings (SSSR count). The standard InChI is InChI=1S/C10H14N4O2/c1-8-7-13-10(6-9(8)14(15)16)12-5-3-2-4-11/h2-3,6-7H,4-5,11H2,1H3,(H,12,13)/b3-2+. The molecule has 0 aliphatic heterocycles. The van der Waals surface area contributed by atoms with Crippen LogP contribution in [-0.4, -0.2) is 23.0 Å². The molecule has 0 aliphatic carbocycles. The Morgan fingerprint density at radius 2 is 2.38 bits per heavy atom. The smallest absolute Gasteiger partial charge is 0.277 e. The zero-order valence-electron chi connectivity index (χ0n) is 9.01. The van der Waals surface area contributed by atoms with Crippen molar-refractivity contribution in [2.45, 2.75) is 6.92 Å². The van der Waals surface area contributed by atoms with Crippen molar-refractivity contribution in [2.24, 2.45) is 5.73 Å². The maximum absolute atomic E-state index is 10.7. The van der Waals surface area contributed by atoms with Gasteiger partial charge in [0, 0.05) is 24.8 Å². The average molecular weight is 222 g/mol. The molecule has 0 saturated carbocycles. The monoisotopic (exact) mass is 222 g/mol. The predicted octanol–water partition coefficient (Wildman–Crippen LogP) is 1.23. The van der Waals surface area contributed by atoms with Gasteiger partial charge in [0.15, 0.2) is 0 Å². The molecule has 0 fully saturated rings. The Hall–Kier alpha value is -1.95. The lowest BCUT2D eigenvalue weighted by Crippen LogP contribution is -2.03. The molecule has 1 aromatic rings. The number of hydrogen-bond donors (Lipinski definition) is 2. The van der Waals surface area contributed by atoms with Gasteiger partial charge in [0.25, 0.3) is 5.69 Å². The fourth-order valence-corrected chi connectivity index (χ4v) is 1.15. The molecule has 0 spiro atoms. The molecule has 3 N–H and O–H groups in total. The SMILES string of the molecule is Cc1cnc(NC/C=C/CN)cc1[N+](=O)[O-]. The number of pyridine rings is 1. The highest BCUT2D eigenvalue weighted by atomic mass is 16.6. The first kappa shape index (κ1) is 12.1. The normalized spacial score (nSPS) is 10.6. The Kier molecular flexibility index (Phi) is 4.41. The lowest BCUT2D eigenvalue weighted by Gasteiger charge is -2.03. The van der Waals surface area contributed by atoms with Crippen LogP contribution in [0.25, 0.3) is 0 Å². The molecule has 0 aromatic carbocycles. The van der Waals surface area contributed by atoms with Crippen LogP contribution in [-0.2, 0) is 0 Å². The second-order valence-corrected chi connectivity index (χ2v) is 3.20. The molecule has 1 heterocycles. The minimum atomic E-state index is -0.419. The third-order valence-corrected chi connectivity index (χ3v) is 1.98. The molecular formula is C10H14N4O2. The fraction of sp³-hybridized carbons (Fsp3) is 0.300. The predicted molar refractivity (Wildman–Crippen MR) is 62.3 cm³/mol. The second-order valence-electron chi connectivity index (χ2n) is 3.20. The van der Waals surface area contributed by atoms with Crippen LogP contribution in [0.5, 0.6) is 0 Å². The summed E-state index contributed by atoms with van der Waals surface area (Å²) in [4.78, 5) is 14.3. The van der Waals surface area contributed by atoms with E-state index in [2.05, 4.69) is 10.3 Å². The number of nitrogens with two attached hydrogens (primary N) is 1. The van der Waals surface area contributed by atoms with Crippen LogP contribution < -0.4 is 11.1 Å². The van der Waals surface area contributed by atoms with Gasteiger partial charge in [-0.1, -0.05) is 12.2 Å². The van der Waals surface area contributed by atoms with Crippen molar-refractivity contribution in [3.05, 3.63) is 40.1 Å². The van der Waals surface area contributed by atoms with E-state index in [-0.39, 0.29) is 5.69 Å². The first-order chi connectivity index (χ1) is 7.65. The molecule has 0 radical (unpaired) electrons. The summed E-state index contributed by atoms with van der Waals surface area (Å²) in [6.07, 6.45) is 5.12. The van der Waals surface area contributed by atoms with Crippen molar-refractivity contribution in [3.8, 4) is 0 Å². The molecule has 0 unspecified atom stereocenters. The summed E-state index contributed by atoms with van der Waals surface area (Å²) in [5.74, 6) is 0.485. The van der Waals surface area contributed by atoms with Gasteiger partial charge in [0.2, 0.25) is 0 Å². The molecule has 86 valence electrons. The fourth-order valence-electron chi connectivity index (χ4n) is 1.15. The van der Waals surface area contributed by atoms with Crippen LogP contribution in [0.2, 0.25) is 0 Å². The van der Waals surface area contributed by atoms with Crippen LogP contribution in [0.1, 0.15) is 5.56 Å². The van der Waals surface area contributed by atoms with E-state index in [0.717, 1.165) is 0 Å². The van der Waals surface area contributed by atoms with E-state index in [1.54, 1.807) is 13.0 Å². The van der Waals surface area contributed by atoms with E-state index in [1.807, 2.05) is 6.08 Å². The summed E-state index contributed by atoms with van der Waals surface area (Å²) in [6.45, 7) is 2.68. The van der Waals surface area contributed by atoms with Gasteiger partial charge < -0.3 is 11.1 Å². The minimum Gasteiger partial charge on any atom is -0.366 e. The number of nitro groups is 1. The van der Waals surface area contributed by atoms with Crippen molar-refractivity contribution < 1.29 is 4.92 Å². The lowest BCUT2D eigenvalue weighted by atomic mass is 10.2. The number of aromatic nitrogens is 1. The van der Waals surface area contributed by atoms with E-state index < -0.39 is 4.92 Å². The number of nitrogens with zero attached hydrogens (tertiary/aromatic N) is 2. The van der Waals surface area contributed by atoms with Gasteiger partial charge in [0.1, 0.15) is 5.82 Å². The molecule has 0 aliphatic rings. The molecule has 0 bridgehead atoms. The van der Waals surface area contributed by atoms with Crippen molar-refractivity contribution in [1.29, 1.82) is 0 Å². The van der Waals surface area contributed by atoms with Crippen molar-refractivity contribution in [2.75, 3.05) is 18.4 Å². The molecule has 16 heavy (non-hydrogen) atoms. The largest absolute Gasteiger partial charge is 0.366 e. The van der Waals surface area contributed by atoms with Gasteiger partial charge >= 0.3 is 0 Å². The lowest BCUT2D eigenvalue weighted by molar-refractivity contribution is -0.385. The van der Waals surface area contributed by atoms with Gasteiger partial charge in [0.05, 0.1) is 11.0 Å². The van der Waals surface area contributed by atoms with Crippen molar-refractivity contribution in [1.82, 2.24) is 4.98 Å². The van der Waals surface area contributed by atoms with Gasteiger partial charge in [-0.25, -0.2) is 4.98 Å². The average Bonchev–Trinajstić information content (AvgIpc) is 2.26. The first-order valence-corrected chi connectivity index (χ1v) is 4.85. The maximum atomic E-state index is 10.7. The topological polar surface area (TPSA) is 94.1 Å². The van der Waals surface area contributed by atoms with Gasteiger partial charge in [-0.2, -0.15) is 0 Å². The van der Waals surface area contributed by atoms with E-state index in [9.17, 15) is 10.1 Å². The number of hydrogen-bond acceptors (Lipinski definition) is 5. The summed E-state index contributed by atoms with van der Waals surface area (Å²) in [6, 6.07) is 1.42. The Morgan fingerprint density at radius 1 is 1.62 bits per heavy atom. The summed E-state index contributed by atoms with van der Waals surface area (Å²) < 4.78 is 0. The van der Waals surface area contributed by atoms with Crippen LogP contribution in [0, 0.1) is 17.0 Å². The molecule has 1 aromatic heterocycles. The molecule has 0 amide bonds. The van der Waals surface area contributed by atoms with E-state index >= 15 is 0 Å². The zero-order valence-corrected chi connectivity index (χ0v) is 9.01. The second kappa shape index (κ2) is 5.82. The Balaban J connectivity index is 2.71. The summed E-state index contributed by atoms with van der Waals surface area (Å²) in [7, 11) is 0. The van der Waals surface area contributed by atoms with E-state index in [4.69, 9.17) is 5.73 Å².